The van der Waals surface area contributed by atoms with Crippen LogP contribution in [0.3, 0.4) is 0 Å². The number of carbonyl (C=O) groups is 1. The molecule has 3 rings (SSSR count). The predicted octanol–water partition coefficient (Wildman–Crippen LogP) is 4.20. The SMILES string of the molecule is Cc1ccccc1C(=O)NCCc1c(C)[nH]c2c(C)ccc(F)c12. The highest BCUT2D eigenvalue weighted by atomic mass is 19.1. The Morgan fingerprint density at radius 2 is 1.83 bits per heavy atom. The van der Waals surface area contributed by atoms with Crippen LogP contribution in [0, 0.1) is 26.6 Å². The lowest BCUT2D eigenvalue weighted by atomic mass is 10.0. The van der Waals surface area contributed by atoms with Gasteiger partial charge in [-0.25, -0.2) is 4.39 Å². The van der Waals surface area contributed by atoms with Crippen LogP contribution in [-0.4, -0.2) is 17.4 Å². The van der Waals surface area contributed by atoms with Crippen molar-refractivity contribution in [2.24, 2.45) is 0 Å². The molecule has 124 valence electrons. The highest BCUT2D eigenvalue weighted by Crippen LogP contribution is 2.27. The van der Waals surface area contributed by atoms with Crippen molar-refractivity contribution in [3.63, 3.8) is 0 Å². The molecule has 2 N–H and O–H groups in total. The molecule has 0 atom stereocenters. The summed E-state index contributed by atoms with van der Waals surface area (Å²) >= 11 is 0. The minimum Gasteiger partial charge on any atom is -0.358 e. The molecule has 0 saturated carbocycles. The molecule has 3 nitrogen and oxygen atoms in total. The van der Waals surface area contributed by atoms with E-state index in [-0.39, 0.29) is 11.7 Å². The Labute approximate surface area is 140 Å². The fraction of sp³-hybridized carbons (Fsp3) is 0.250. The third-order valence-electron chi connectivity index (χ3n) is 4.48. The van der Waals surface area contributed by atoms with Gasteiger partial charge in [-0.1, -0.05) is 24.3 Å². The van der Waals surface area contributed by atoms with E-state index in [9.17, 15) is 9.18 Å². The molecular formula is C20H21FN2O. The Morgan fingerprint density at radius 1 is 1.08 bits per heavy atom. The number of nitrogens with one attached hydrogen (secondary N) is 2. The quantitative estimate of drug-likeness (QED) is 0.742. The molecule has 1 heterocycles. The molecule has 0 bridgehead atoms. The Balaban J connectivity index is 1.77. The number of hydrogen-bond acceptors (Lipinski definition) is 1. The lowest BCUT2D eigenvalue weighted by Crippen LogP contribution is -2.26. The van der Waals surface area contributed by atoms with Gasteiger partial charge < -0.3 is 10.3 Å². The number of carbonyl (C=O) groups excluding carboxylic acids is 1. The molecule has 24 heavy (non-hydrogen) atoms. The Morgan fingerprint density at radius 3 is 2.58 bits per heavy atom. The highest BCUT2D eigenvalue weighted by Gasteiger charge is 2.15. The smallest absolute Gasteiger partial charge is 0.251 e. The van der Waals surface area contributed by atoms with Crippen LogP contribution in [0.4, 0.5) is 4.39 Å². The van der Waals surface area contributed by atoms with E-state index in [1.165, 1.54) is 6.07 Å². The fourth-order valence-electron chi connectivity index (χ4n) is 3.12. The summed E-state index contributed by atoms with van der Waals surface area (Å²) in [6.45, 7) is 6.28. The Kier molecular flexibility index (Phi) is 4.38. The lowest BCUT2D eigenvalue weighted by Gasteiger charge is -2.08. The van der Waals surface area contributed by atoms with E-state index in [0.717, 1.165) is 27.9 Å². The summed E-state index contributed by atoms with van der Waals surface area (Å²) in [7, 11) is 0. The molecule has 0 radical (unpaired) electrons. The number of hydrogen-bond donors (Lipinski definition) is 2. The van der Waals surface area contributed by atoms with Crippen molar-refractivity contribution in [1.82, 2.24) is 10.3 Å². The third kappa shape index (κ3) is 2.92. The topological polar surface area (TPSA) is 44.9 Å². The van der Waals surface area contributed by atoms with Crippen molar-refractivity contribution in [2.75, 3.05) is 6.54 Å². The molecule has 0 aliphatic carbocycles. The number of aromatic amines is 1. The maximum absolute atomic E-state index is 14.2. The standard InChI is InChI=1S/C20H21FN2O/c1-12-6-4-5-7-15(12)20(24)22-11-10-16-14(3)23-19-13(2)8-9-17(21)18(16)19/h4-9,23H,10-11H2,1-3H3,(H,22,24). The summed E-state index contributed by atoms with van der Waals surface area (Å²) in [5.74, 6) is -0.317. The van der Waals surface area contributed by atoms with Gasteiger partial charge in [-0.2, -0.15) is 0 Å². The van der Waals surface area contributed by atoms with Crippen LogP contribution in [0.25, 0.3) is 10.9 Å². The number of rotatable bonds is 4. The van der Waals surface area contributed by atoms with Gasteiger partial charge in [-0.3, -0.25) is 4.79 Å². The number of aryl methyl sites for hydroxylation is 3. The van der Waals surface area contributed by atoms with Crippen LogP contribution >= 0.6 is 0 Å². The largest absolute Gasteiger partial charge is 0.358 e. The molecule has 0 saturated heterocycles. The van der Waals surface area contributed by atoms with Crippen LogP contribution in [0.5, 0.6) is 0 Å². The molecule has 1 amide bonds. The van der Waals surface area contributed by atoms with Crippen LogP contribution in [0.2, 0.25) is 0 Å². The second kappa shape index (κ2) is 6.48. The van der Waals surface area contributed by atoms with Gasteiger partial charge in [0.2, 0.25) is 0 Å². The van der Waals surface area contributed by atoms with Crippen molar-refractivity contribution >= 4 is 16.8 Å². The van der Waals surface area contributed by atoms with Crippen molar-refractivity contribution < 1.29 is 9.18 Å². The van der Waals surface area contributed by atoms with E-state index in [2.05, 4.69) is 10.3 Å². The summed E-state index contributed by atoms with van der Waals surface area (Å²) in [6.07, 6.45) is 0.587. The van der Waals surface area contributed by atoms with E-state index in [0.29, 0.717) is 23.9 Å². The minimum atomic E-state index is -0.222. The maximum atomic E-state index is 14.2. The summed E-state index contributed by atoms with van der Waals surface area (Å²) in [6, 6.07) is 10.8. The molecule has 0 fully saturated rings. The lowest BCUT2D eigenvalue weighted by molar-refractivity contribution is 0.0953. The first-order valence-corrected chi connectivity index (χ1v) is 8.09. The maximum Gasteiger partial charge on any atom is 0.251 e. The molecule has 0 unspecified atom stereocenters. The van der Waals surface area contributed by atoms with Crippen molar-refractivity contribution in [2.45, 2.75) is 27.2 Å². The second-order valence-corrected chi connectivity index (χ2v) is 6.16. The number of aromatic nitrogens is 1. The van der Waals surface area contributed by atoms with Gasteiger partial charge in [0, 0.05) is 23.2 Å². The van der Waals surface area contributed by atoms with Crippen LogP contribution in [0.1, 0.15) is 32.7 Å². The average Bonchev–Trinajstić information content (AvgIpc) is 2.89. The monoisotopic (exact) mass is 324 g/mol. The van der Waals surface area contributed by atoms with Crippen molar-refractivity contribution in [3.05, 3.63) is 70.2 Å². The first-order chi connectivity index (χ1) is 11.5. The molecule has 3 aromatic rings. The zero-order valence-electron chi connectivity index (χ0n) is 14.2. The number of amides is 1. The first-order valence-electron chi connectivity index (χ1n) is 8.09. The zero-order valence-corrected chi connectivity index (χ0v) is 14.2. The van der Waals surface area contributed by atoms with Gasteiger partial charge >= 0.3 is 0 Å². The summed E-state index contributed by atoms with van der Waals surface area (Å²) in [4.78, 5) is 15.5. The van der Waals surface area contributed by atoms with Crippen molar-refractivity contribution in [3.8, 4) is 0 Å². The molecule has 0 aliphatic heterocycles. The van der Waals surface area contributed by atoms with Crippen molar-refractivity contribution in [1.29, 1.82) is 0 Å². The highest BCUT2D eigenvalue weighted by molar-refractivity contribution is 5.95. The molecule has 0 aliphatic rings. The molecule has 2 aromatic carbocycles. The van der Waals surface area contributed by atoms with Gasteiger partial charge in [0.05, 0.1) is 5.52 Å². The first kappa shape index (κ1) is 16.2. The molecule has 1 aromatic heterocycles. The van der Waals surface area contributed by atoms with E-state index >= 15 is 0 Å². The van der Waals surface area contributed by atoms with Gasteiger partial charge in [0.25, 0.3) is 5.91 Å². The molecular weight excluding hydrogens is 303 g/mol. The van der Waals surface area contributed by atoms with Crippen LogP contribution < -0.4 is 5.32 Å². The Hall–Kier alpha value is -2.62. The van der Waals surface area contributed by atoms with E-state index < -0.39 is 0 Å². The number of H-pyrrole nitrogens is 1. The van der Waals surface area contributed by atoms with Gasteiger partial charge in [-0.15, -0.1) is 0 Å². The summed E-state index contributed by atoms with van der Waals surface area (Å²) in [5, 5.41) is 3.57. The van der Waals surface area contributed by atoms with E-state index in [4.69, 9.17) is 0 Å². The average molecular weight is 324 g/mol. The summed E-state index contributed by atoms with van der Waals surface area (Å²) in [5.41, 5.74) is 5.35. The fourth-order valence-corrected chi connectivity index (χ4v) is 3.12. The van der Waals surface area contributed by atoms with Crippen LogP contribution in [-0.2, 0) is 6.42 Å². The second-order valence-electron chi connectivity index (χ2n) is 6.16. The Bertz CT molecular complexity index is 911. The van der Waals surface area contributed by atoms with Gasteiger partial charge in [-0.05, 0) is 56.0 Å². The van der Waals surface area contributed by atoms with Gasteiger partial charge in [0.1, 0.15) is 5.82 Å². The minimum absolute atomic E-state index is 0.0951. The summed E-state index contributed by atoms with van der Waals surface area (Å²) < 4.78 is 14.2. The molecule has 4 heteroatoms. The number of fused-ring (bicyclic) bond motifs is 1. The number of benzene rings is 2. The number of halogens is 1. The zero-order chi connectivity index (χ0) is 17.3. The van der Waals surface area contributed by atoms with E-state index in [1.807, 2.05) is 45.0 Å². The normalized spacial score (nSPS) is 11.0. The molecule has 0 spiro atoms. The van der Waals surface area contributed by atoms with Crippen LogP contribution in [0.15, 0.2) is 36.4 Å². The van der Waals surface area contributed by atoms with E-state index in [1.54, 1.807) is 6.07 Å². The third-order valence-corrected chi connectivity index (χ3v) is 4.48. The predicted molar refractivity (Wildman–Crippen MR) is 94.9 cm³/mol. The van der Waals surface area contributed by atoms with Gasteiger partial charge in [0.15, 0.2) is 0 Å².